The fraction of sp³-hybridized carbons (Fsp3) is 0.769. The van der Waals surface area contributed by atoms with E-state index in [2.05, 4.69) is 30.9 Å². The van der Waals surface area contributed by atoms with Crippen LogP contribution in [0.4, 0.5) is 11.4 Å². The monoisotopic (exact) mass is 384 g/mol. The summed E-state index contributed by atoms with van der Waals surface area (Å²) in [5.41, 5.74) is 12.2. The van der Waals surface area contributed by atoms with Gasteiger partial charge in [-0.15, -0.1) is 0 Å². The van der Waals surface area contributed by atoms with Crippen molar-refractivity contribution in [3.8, 4) is 0 Å². The molecule has 0 amide bonds. The average Bonchev–Trinajstić information content (AvgIpc) is 2.74. The molecule has 3 rings (SSSR count). The van der Waals surface area contributed by atoms with E-state index in [9.17, 15) is 0 Å². The van der Waals surface area contributed by atoms with Gasteiger partial charge in [-0.3, -0.25) is 0 Å². The molecule has 28 heavy (non-hydrogen) atoms. The second kappa shape index (κ2) is 11.1. The molecule has 1 aromatic rings. The van der Waals surface area contributed by atoms with Crippen molar-refractivity contribution < 1.29 is 0 Å². The first-order valence-corrected chi connectivity index (χ1v) is 12.4. The lowest BCUT2D eigenvalue weighted by Crippen LogP contribution is -2.46. The van der Waals surface area contributed by atoms with Gasteiger partial charge in [-0.25, -0.2) is 0 Å². The lowest BCUT2D eigenvalue weighted by molar-refractivity contribution is 0.339. The van der Waals surface area contributed by atoms with E-state index in [0.29, 0.717) is 0 Å². The van der Waals surface area contributed by atoms with Gasteiger partial charge in [-0.1, -0.05) is 71.3 Å². The summed E-state index contributed by atoms with van der Waals surface area (Å²) in [6.07, 6.45) is 21.4. The standard InChI is InChI=1S/C26H44N2/c1-3-5-13-21-19-22(14-6-4-2)26(20-25(21)27)28(23-15-9-7-10-16-23)24-17-11-8-12-18-24/h19-20,23-24H,3-18,27H2,1-2H3. The molecule has 2 saturated carbocycles. The van der Waals surface area contributed by atoms with Crippen LogP contribution in [0.1, 0.15) is 115 Å². The van der Waals surface area contributed by atoms with Crippen molar-refractivity contribution in [1.82, 2.24) is 0 Å². The van der Waals surface area contributed by atoms with Crippen LogP contribution < -0.4 is 10.6 Å². The third kappa shape index (κ3) is 5.45. The highest BCUT2D eigenvalue weighted by molar-refractivity contribution is 5.66. The van der Waals surface area contributed by atoms with Gasteiger partial charge in [-0.05, 0) is 68.6 Å². The molecule has 2 heteroatoms. The Balaban J connectivity index is 1.96. The van der Waals surface area contributed by atoms with Gasteiger partial charge >= 0.3 is 0 Å². The van der Waals surface area contributed by atoms with Gasteiger partial charge in [0.05, 0.1) is 0 Å². The van der Waals surface area contributed by atoms with Crippen molar-refractivity contribution in [3.05, 3.63) is 23.3 Å². The van der Waals surface area contributed by atoms with Crippen LogP contribution in [0.2, 0.25) is 0 Å². The number of nitrogens with zero attached hydrogens (tertiary/aromatic N) is 1. The Morgan fingerprint density at radius 3 is 1.75 bits per heavy atom. The first kappa shape index (κ1) is 21.5. The number of hydrogen-bond donors (Lipinski definition) is 1. The Morgan fingerprint density at radius 1 is 0.750 bits per heavy atom. The van der Waals surface area contributed by atoms with Gasteiger partial charge in [0.1, 0.15) is 0 Å². The number of aryl methyl sites for hydroxylation is 2. The van der Waals surface area contributed by atoms with E-state index in [4.69, 9.17) is 5.73 Å². The lowest BCUT2D eigenvalue weighted by atomic mass is 9.87. The van der Waals surface area contributed by atoms with Crippen molar-refractivity contribution >= 4 is 11.4 Å². The predicted molar refractivity (Wildman–Crippen MR) is 124 cm³/mol. The van der Waals surface area contributed by atoms with Crippen molar-refractivity contribution in [3.63, 3.8) is 0 Å². The molecule has 158 valence electrons. The Kier molecular flexibility index (Phi) is 8.55. The maximum absolute atomic E-state index is 6.63. The van der Waals surface area contributed by atoms with Crippen LogP contribution >= 0.6 is 0 Å². The zero-order chi connectivity index (χ0) is 19.8. The molecule has 0 heterocycles. The van der Waals surface area contributed by atoms with Crippen LogP contribution in [0.15, 0.2) is 12.1 Å². The minimum Gasteiger partial charge on any atom is -0.398 e. The highest BCUT2D eigenvalue weighted by Crippen LogP contribution is 2.38. The van der Waals surface area contributed by atoms with Crippen LogP contribution in [0.25, 0.3) is 0 Å². The molecule has 1 aromatic carbocycles. The fourth-order valence-electron chi connectivity index (χ4n) is 5.50. The number of hydrogen-bond acceptors (Lipinski definition) is 2. The van der Waals surface area contributed by atoms with E-state index < -0.39 is 0 Å². The van der Waals surface area contributed by atoms with Gasteiger partial charge in [0, 0.05) is 23.5 Å². The Labute approximate surface area is 174 Å². The third-order valence-corrected chi connectivity index (χ3v) is 7.15. The van der Waals surface area contributed by atoms with Gasteiger partial charge in [-0.2, -0.15) is 0 Å². The molecular formula is C26H44N2. The Bertz CT molecular complexity index is 564. The number of rotatable bonds is 9. The molecule has 0 aromatic heterocycles. The highest BCUT2D eigenvalue weighted by atomic mass is 15.2. The summed E-state index contributed by atoms with van der Waals surface area (Å²) in [4.78, 5) is 2.89. The molecule has 2 aliphatic rings. The van der Waals surface area contributed by atoms with Crippen molar-refractivity contribution in [2.75, 3.05) is 10.6 Å². The van der Waals surface area contributed by atoms with Crippen molar-refractivity contribution in [2.24, 2.45) is 0 Å². The van der Waals surface area contributed by atoms with Gasteiger partial charge in [0.2, 0.25) is 0 Å². The van der Waals surface area contributed by atoms with Crippen LogP contribution in [0.5, 0.6) is 0 Å². The Hall–Kier alpha value is -1.18. The molecule has 2 nitrogen and oxygen atoms in total. The SMILES string of the molecule is CCCCc1cc(CCCC)c(N(C2CCCCC2)C2CCCCC2)cc1N. The molecule has 0 bridgehead atoms. The fourth-order valence-corrected chi connectivity index (χ4v) is 5.50. The van der Waals surface area contributed by atoms with Crippen molar-refractivity contribution in [1.29, 1.82) is 0 Å². The zero-order valence-electron chi connectivity index (χ0n) is 18.6. The van der Waals surface area contributed by atoms with Gasteiger partial charge < -0.3 is 10.6 Å². The number of nitrogens with two attached hydrogens (primary N) is 1. The van der Waals surface area contributed by atoms with Crippen LogP contribution in [-0.2, 0) is 12.8 Å². The summed E-state index contributed by atoms with van der Waals surface area (Å²) in [5, 5.41) is 0. The van der Waals surface area contributed by atoms with E-state index in [0.717, 1.165) is 24.2 Å². The molecule has 2 aliphatic carbocycles. The topological polar surface area (TPSA) is 29.3 Å². The number of unbranched alkanes of at least 4 members (excludes halogenated alkanes) is 2. The van der Waals surface area contributed by atoms with Gasteiger partial charge in [0.15, 0.2) is 0 Å². The van der Waals surface area contributed by atoms with E-state index in [-0.39, 0.29) is 0 Å². The lowest BCUT2D eigenvalue weighted by Gasteiger charge is -2.44. The minimum atomic E-state index is 0.734. The number of benzene rings is 1. The predicted octanol–water partition coefficient (Wildman–Crippen LogP) is 7.43. The highest BCUT2D eigenvalue weighted by Gasteiger charge is 2.30. The van der Waals surface area contributed by atoms with E-state index in [1.54, 1.807) is 5.56 Å². The second-order valence-corrected chi connectivity index (χ2v) is 9.38. The molecular weight excluding hydrogens is 340 g/mol. The molecule has 0 unspecified atom stereocenters. The maximum atomic E-state index is 6.63. The smallest absolute Gasteiger partial charge is 0.0424 e. The van der Waals surface area contributed by atoms with Crippen molar-refractivity contribution in [2.45, 2.75) is 129 Å². The summed E-state index contributed by atoms with van der Waals surface area (Å²) in [6, 6.07) is 6.35. The first-order valence-electron chi connectivity index (χ1n) is 12.4. The zero-order valence-corrected chi connectivity index (χ0v) is 18.6. The maximum Gasteiger partial charge on any atom is 0.0424 e. The van der Waals surface area contributed by atoms with Crippen LogP contribution in [-0.4, -0.2) is 12.1 Å². The summed E-state index contributed by atoms with van der Waals surface area (Å²) >= 11 is 0. The third-order valence-electron chi connectivity index (χ3n) is 7.15. The molecule has 0 saturated heterocycles. The molecule has 0 atom stereocenters. The summed E-state index contributed by atoms with van der Waals surface area (Å²) in [7, 11) is 0. The Morgan fingerprint density at radius 2 is 1.25 bits per heavy atom. The largest absolute Gasteiger partial charge is 0.398 e. The first-order chi connectivity index (χ1) is 13.7. The summed E-state index contributed by atoms with van der Waals surface area (Å²) in [6.45, 7) is 4.59. The quantitative estimate of drug-likeness (QED) is 0.449. The molecule has 0 spiro atoms. The molecule has 0 radical (unpaired) electrons. The number of nitrogen functional groups attached to an aromatic ring is 1. The summed E-state index contributed by atoms with van der Waals surface area (Å²) in [5.74, 6) is 0. The number of anilines is 2. The molecule has 2 fully saturated rings. The van der Waals surface area contributed by atoms with Crippen LogP contribution in [0.3, 0.4) is 0 Å². The van der Waals surface area contributed by atoms with E-state index >= 15 is 0 Å². The van der Waals surface area contributed by atoms with E-state index in [1.807, 2.05) is 0 Å². The average molecular weight is 385 g/mol. The van der Waals surface area contributed by atoms with E-state index in [1.165, 1.54) is 108 Å². The second-order valence-electron chi connectivity index (χ2n) is 9.38. The minimum absolute atomic E-state index is 0.734. The molecule has 2 N–H and O–H groups in total. The van der Waals surface area contributed by atoms with Gasteiger partial charge in [0.25, 0.3) is 0 Å². The normalized spacial score (nSPS) is 19.1. The summed E-state index contributed by atoms with van der Waals surface area (Å²) < 4.78 is 0. The van der Waals surface area contributed by atoms with Crippen LogP contribution in [0, 0.1) is 0 Å². The molecule has 0 aliphatic heterocycles.